The molecule has 2 atom stereocenters. The molecule has 3 N–H and O–H groups in total. The van der Waals surface area contributed by atoms with Crippen molar-refractivity contribution < 1.29 is 27.5 Å². The Morgan fingerprint density at radius 1 is 1.28 bits per heavy atom. The van der Waals surface area contributed by atoms with Crippen molar-refractivity contribution in [2.45, 2.75) is 32.2 Å². The maximum Gasteiger partial charge on any atom is 0.405 e. The molecule has 0 aliphatic carbocycles. The second-order valence-corrected chi connectivity index (χ2v) is 8.68. The number of rotatable bonds is 8. The molecule has 1 aliphatic heterocycles. The summed E-state index contributed by atoms with van der Waals surface area (Å²) in [4.78, 5) is 10.9. The Morgan fingerprint density at radius 3 is 2.78 bits per heavy atom. The van der Waals surface area contributed by atoms with Crippen molar-refractivity contribution >= 4 is 5.82 Å². The van der Waals surface area contributed by atoms with Gasteiger partial charge in [0.15, 0.2) is 5.82 Å². The summed E-state index contributed by atoms with van der Waals surface area (Å²) in [6.07, 6.45) is -5.05. The third-order valence-electron chi connectivity index (χ3n) is 5.87. The second-order valence-electron chi connectivity index (χ2n) is 8.68. The van der Waals surface area contributed by atoms with E-state index in [-0.39, 0.29) is 19.7 Å². The highest BCUT2D eigenvalue weighted by Crippen LogP contribution is 2.32. The zero-order chi connectivity index (χ0) is 25.9. The van der Waals surface area contributed by atoms with Crippen LogP contribution in [-0.4, -0.2) is 78.4 Å². The van der Waals surface area contributed by atoms with E-state index in [1.54, 1.807) is 56.1 Å². The number of halogens is 3. The summed E-state index contributed by atoms with van der Waals surface area (Å²) in [6.45, 7) is 4.27. The molecule has 2 unspecified atom stereocenters. The lowest BCUT2D eigenvalue weighted by Crippen LogP contribution is -2.57. The Balaban J connectivity index is 1.72. The van der Waals surface area contributed by atoms with Gasteiger partial charge in [0, 0.05) is 37.8 Å². The molecule has 9 nitrogen and oxygen atoms in total. The maximum absolute atomic E-state index is 13.4. The number of hydrogen-bond acceptors (Lipinski definition) is 9. The van der Waals surface area contributed by atoms with Crippen molar-refractivity contribution in [1.29, 1.82) is 0 Å². The molecular weight excluding hydrogens is 477 g/mol. The number of aromatic nitrogens is 3. The first-order chi connectivity index (χ1) is 17.2. The van der Waals surface area contributed by atoms with Gasteiger partial charge in [-0.1, -0.05) is 17.3 Å². The van der Waals surface area contributed by atoms with Crippen LogP contribution in [0.15, 0.2) is 34.9 Å². The first-order valence-corrected chi connectivity index (χ1v) is 11.6. The van der Waals surface area contributed by atoms with E-state index in [1.165, 1.54) is 0 Å². The monoisotopic (exact) mass is 506 g/mol. The van der Waals surface area contributed by atoms with Gasteiger partial charge in [-0.3, -0.25) is 0 Å². The highest BCUT2D eigenvalue weighted by molar-refractivity contribution is 5.71. The number of ether oxygens (including phenoxy) is 1. The van der Waals surface area contributed by atoms with Gasteiger partial charge in [0.2, 0.25) is 0 Å². The molecule has 36 heavy (non-hydrogen) atoms. The Hall–Kier alpha value is -3.22. The smallest absolute Gasteiger partial charge is 0.405 e. The van der Waals surface area contributed by atoms with Crippen LogP contribution in [0.5, 0.6) is 5.75 Å². The fraction of sp³-hybridized carbons (Fsp3) is 0.458. The number of likely N-dealkylation sites (N-methyl/N-ethyl adjacent to an activating group) is 1. The van der Waals surface area contributed by atoms with Gasteiger partial charge < -0.3 is 29.9 Å². The number of nitrogens with zero attached hydrogens (tertiary/aromatic N) is 4. The highest BCUT2D eigenvalue weighted by atomic mass is 19.4. The van der Waals surface area contributed by atoms with E-state index in [0.717, 1.165) is 0 Å². The predicted molar refractivity (Wildman–Crippen MR) is 128 cm³/mol. The van der Waals surface area contributed by atoms with E-state index < -0.39 is 18.3 Å². The highest BCUT2D eigenvalue weighted by Gasteiger charge is 2.42. The van der Waals surface area contributed by atoms with Crippen LogP contribution in [0.2, 0.25) is 0 Å². The van der Waals surface area contributed by atoms with Crippen molar-refractivity contribution in [1.82, 2.24) is 25.8 Å². The largest absolute Gasteiger partial charge is 0.491 e. The van der Waals surface area contributed by atoms with Crippen molar-refractivity contribution in [2.24, 2.45) is 0 Å². The molecule has 0 spiro atoms. The zero-order valence-corrected chi connectivity index (χ0v) is 20.3. The molecule has 0 bridgehead atoms. The molecule has 3 heterocycles. The summed E-state index contributed by atoms with van der Waals surface area (Å²) in [5.41, 5.74) is 2.41. The fourth-order valence-electron chi connectivity index (χ4n) is 4.09. The first-order valence-electron chi connectivity index (χ1n) is 11.6. The van der Waals surface area contributed by atoms with Crippen LogP contribution in [0, 0.1) is 13.8 Å². The molecule has 4 rings (SSSR count). The van der Waals surface area contributed by atoms with E-state index in [9.17, 15) is 18.3 Å². The molecule has 0 amide bonds. The number of nitrogens with one attached hydrogen (secondary N) is 2. The Morgan fingerprint density at radius 2 is 2.08 bits per heavy atom. The number of aliphatic hydroxyl groups is 1. The molecule has 194 valence electrons. The third-order valence-corrected chi connectivity index (χ3v) is 5.87. The van der Waals surface area contributed by atoms with Crippen LogP contribution in [-0.2, 0) is 0 Å². The van der Waals surface area contributed by atoms with Gasteiger partial charge in [0.05, 0.1) is 17.0 Å². The number of anilines is 1. The van der Waals surface area contributed by atoms with Gasteiger partial charge in [0.1, 0.15) is 36.1 Å². The summed E-state index contributed by atoms with van der Waals surface area (Å²) in [6, 6.07) is 7.06. The number of aliphatic hydroxyl groups excluding tert-OH is 1. The molecule has 1 aliphatic rings. The lowest BCUT2D eigenvalue weighted by atomic mass is 10.1. The normalized spacial score (nSPS) is 17.3. The van der Waals surface area contributed by atoms with Crippen molar-refractivity contribution in [2.75, 3.05) is 44.7 Å². The Labute approximate surface area is 206 Å². The van der Waals surface area contributed by atoms with Crippen LogP contribution >= 0.6 is 0 Å². The summed E-state index contributed by atoms with van der Waals surface area (Å²) in [5, 5.41) is 19.3. The molecule has 2 aromatic heterocycles. The van der Waals surface area contributed by atoms with Crippen LogP contribution in [0.25, 0.3) is 22.6 Å². The molecule has 1 saturated heterocycles. The van der Waals surface area contributed by atoms with E-state index in [0.29, 0.717) is 58.8 Å². The number of hydrogen-bond donors (Lipinski definition) is 3. The molecule has 1 fully saturated rings. The van der Waals surface area contributed by atoms with Gasteiger partial charge in [0.25, 0.3) is 0 Å². The minimum atomic E-state index is -4.37. The van der Waals surface area contributed by atoms with E-state index in [2.05, 4.69) is 20.8 Å². The summed E-state index contributed by atoms with van der Waals surface area (Å²) >= 11 is 0. The molecule has 3 aromatic rings. The van der Waals surface area contributed by atoms with Crippen molar-refractivity contribution in [3.05, 3.63) is 41.8 Å². The minimum Gasteiger partial charge on any atom is -0.491 e. The minimum absolute atomic E-state index is 0.0924. The van der Waals surface area contributed by atoms with E-state index in [4.69, 9.17) is 14.2 Å². The fourth-order valence-corrected chi connectivity index (χ4v) is 4.09. The molecule has 0 radical (unpaired) electrons. The summed E-state index contributed by atoms with van der Waals surface area (Å²) in [5.74, 6) is 1.76. The molecule has 0 saturated carbocycles. The summed E-state index contributed by atoms with van der Waals surface area (Å²) < 4.78 is 51.3. The van der Waals surface area contributed by atoms with Crippen LogP contribution in [0.1, 0.15) is 11.5 Å². The maximum atomic E-state index is 13.4. The predicted octanol–water partition coefficient (Wildman–Crippen LogP) is 2.72. The summed E-state index contributed by atoms with van der Waals surface area (Å²) in [7, 11) is 1.74. The quantitative estimate of drug-likeness (QED) is 0.425. The lowest BCUT2D eigenvalue weighted by Gasteiger charge is -2.35. The van der Waals surface area contributed by atoms with Crippen molar-refractivity contribution in [3.63, 3.8) is 0 Å². The topological polar surface area (TPSA) is 109 Å². The Bertz CT molecular complexity index is 1170. The standard InChI is InChI=1S/C24H29F3N6O3/c1-14-22(15(2)36-32-14)19-10-21(33-8-7-29-20(12-33)24(25,26)27)31-23(30-19)16-5-4-6-18(9-16)35-13-17(34)11-28-3/h4-6,9-10,17,20,28-29,34H,7-8,11-13H2,1-3H3. The number of benzene rings is 1. The number of aryl methyl sites for hydroxylation is 2. The van der Waals surface area contributed by atoms with E-state index >= 15 is 0 Å². The van der Waals surface area contributed by atoms with Gasteiger partial charge >= 0.3 is 6.18 Å². The third kappa shape index (κ3) is 5.94. The van der Waals surface area contributed by atoms with E-state index in [1.807, 2.05) is 0 Å². The average molecular weight is 507 g/mol. The lowest BCUT2D eigenvalue weighted by molar-refractivity contribution is -0.155. The average Bonchev–Trinajstić information content (AvgIpc) is 3.20. The van der Waals surface area contributed by atoms with Crippen LogP contribution in [0.4, 0.5) is 19.0 Å². The zero-order valence-electron chi connectivity index (χ0n) is 20.3. The number of alkyl halides is 3. The second kappa shape index (κ2) is 10.8. The van der Waals surface area contributed by atoms with Crippen LogP contribution < -0.4 is 20.3 Å². The number of piperazine rings is 1. The van der Waals surface area contributed by atoms with Gasteiger partial charge in [-0.05, 0) is 33.0 Å². The van der Waals surface area contributed by atoms with Gasteiger partial charge in [-0.2, -0.15) is 13.2 Å². The van der Waals surface area contributed by atoms with Crippen LogP contribution in [0.3, 0.4) is 0 Å². The van der Waals surface area contributed by atoms with Gasteiger partial charge in [-0.15, -0.1) is 0 Å². The molecule has 1 aromatic carbocycles. The first kappa shape index (κ1) is 25.9. The molecule has 12 heteroatoms. The Kier molecular flexibility index (Phi) is 7.76. The molecular formula is C24H29F3N6O3. The SMILES string of the molecule is CNCC(O)COc1cccc(-c2nc(-c3c(C)noc3C)cc(N3CCNC(C(F)(F)F)C3)n2)c1. The van der Waals surface area contributed by atoms with Crippen molar-refractivity contribution in [3.8, 4) is 28.4 Å². The van der Waals surface area contributed by atoms with Gasteiger partial charge in [-0.25, -0.2) is 9.97 Å².